The largest absolute Gasteiger partial charge is 0.460 e. The third kappa shape index (κ3) is 3.48. The minimum atomic E-state index is -6.96. The Bertz CT molecular complexity index is 715. The maximum Gasteiger partial charge on any atom is 0.460 e. The Morgan fingerprint density at radius 1 is 0.607 bits per heavy atom. The number of hydrogen-bond acceptors (Lipinski definition) is 1. The van der Waals surface area contributed by atoms with Gasteiger partial charge in [-0.15, -0.1) is 0 Å². The third-order valence-electron chi connectivity index (χ3n) is 3.48. The van der Waals surface area contributed by atoms with Crippen molar-refractivity contribution < 1.29 is 66.6 Å². The average Bonchev–Trinajstić information content (AvgIpc) is 2.51. The highest BCUT2D eigenvalue weighted by Gasteiger charge is 2.75. The molecule has 0 amide bonds. The van der Waals surface area contributed by atoms with E-state index >= 15 is 0 Å². The predicted octanol–water partition coefficient (Wildman–Crippen LogP) is 5.76. The van der Waals surface area contributed by atoms with Crippen LogP contribution in [0.3, 0.4) is 0 Å². The highest BCUT2D eigenvalue weighted by atomic mass is 19.4. The molecular formula is C13H6F14O. The van der Waals surface area contributed by atoms with Crippen LogP contribution in [0.4, 0.5) is 61.5 Å². The van der Waals surface area contributed by atoms with Crippen LogP contribution in [0.2, 0.25) is 0 Å². The first-order valence-corrected chi connectivity index (χ1v) is 6.55. The summed E-state index contributed by atoms with van der Waals surface area (Å²) in [7, 11) is 0. The van der Waals surface area contributed by atoms with Crippen molar-refractivity contribution in [1.82, 2.24) is 0 Å². The van der Waals surface area contributed by atoms with Gasteiger partial charge in [0.25, 0.3) is 0 Å². The molecule has 162 valence electrons. The molecule has 0 atom stereocenters. The zero-order valence-electron chi connectivity index (χ0n) is 12.7. The molecule has 0 aliphatic heterocycles. The number of halogens is 14. The summed E-state index contributed by atoms with van der Waals surface area (Å²) in [5, 5.41) is 8.76. The smallest absolute Gasteiger partial charge is 0.392 e. The number of rotatable bonds is 5. The Labute approximate surface area is 145 Å². The fourth-order valence-electron chi connectivity index (χ4n) is 1.91. The van der Waals surface area contributed by atoms with Crippen molar-refractivity contribution in [1.29, 1.82) is 0 Å². The molecule has 0 heterocycles. The normalized spacial score (nSPS) is 15.1. The van der Waals surface area contributed by atoms with Crippen LogP contribution in [0, 0.1) is 0 Å². The summed E-state index contributed by atoms with van der Waals surface area (Å²) in [5.41, 5.74) is -6.86. The molecule has 1 N–H and O–H groups in total. The van der Waals surface area contributed by atoms with Crippen LogP contribution in [-0.4, -0.2) is 29.3 Å². The van der Waals surface area contributed by atoms with Crippen LogP contribution in [0.15, 0.2) is 18.2 Å². The molecule has 0 unspecified atom stereocenters. The average molecular weight is 444 g/mol. The van der Waals surface area contributed by atoms with Gasteiger partial charge in [-0.2, -0.15) is 61.5 Å². The monoisotopic (exact) mass is 444 g/mol. The van der Waals surface area contributed by atoms with Gasteiger partial charge in [0.05, 0.1) is 6.61 Å². The van der Waals surface area contributed by atoms with E-state index in [1.807, 2.05) is 0 Å². The van der Waals surface area contributed by atoms with Crippen molar-refractivity contribution >= 4 is 0 Å². The van der Waals surface area contributed by atoms with Gasteiger partial charge in [0.15, 0.2) is 0 Å². The summed E-state index contributed by atoms with van der Waals surface area (Å²) >= 11 is 0. The lowest BCUT2D eigenvalue weighted by molar-refractivity contribution is -0.361. The number of aliphatic hydroxyl groups excluding tert-OH is 1. The summed E-state index contributed by atoms with van der Waals surface area (Å²) in [6, 6.07) is -1.62. The second kappa shape index (κ2) is 6.62. The van der Waals surface area contributed by atoms with Crippen molar-refractivity contribution in [2.45, 2.75) is 42.6 Å². The summed E-state index contributed by atoms with van der Waals surface area (Å²) in [4.78, 5) is 0. The van der Waals surface area contributed by atoms with Gasteiger partial charge in [-0.05, 0) is 11.6 Å². The minimum absolute atomic E-state index is 0.203. The number of benzene rings is 1. The lowest BCUT2D eigenvalue weighted by Crippen LogP contribution is -2.51. The van der Waals surface area contributed by atoms with Crippen LogP contribution in [-0.2, 0) is 18.5 Å². The van der Waals surface area contributed by atoms with E-state index in [4.69, 9.17) is 5.11 Å². The Kier molecular flexibility index (Phi) is 5.73. The predicted molar refractivity (Wildman–Crippen MR) is 62.2 cm³/mol. The maximum atomic E-state index is 13.7. The van der Waals surface area contributed by atoms with Gasteiger partial charge in [0, 0.05) is 11.1 Å². The summed E-state index contributed by atoms with van der Waals surface area (Å²) in [6.07, 6.45) is -13.9. The Morgan fingerprint density at radius 2 is 1.00 bits per heavy atom. The van der Waals surface area contributed by atoms with Gasteiger partial charge in [-0.1, -0.05) is 12.1 Å². The topological polar surface area (TPSA) is 20.2 Å². The fourth-order valence-corrected chi connectivity index (χ4v) is 1.91. The van der Waals surface area contributed by atoms with E-state index in [0.717, 1.165) is 0 Å². The molecule has 0 radical (unpaired) electrons. The molecule has 1 nitrogen and oxygen atoms in total. The number of hydrogen-bond donors (Lipinski definition) is 1. The molecule has 15 heteroatoms. The Morgan fingerprint density at radius 3 is 1.36 bits per heavy atom. The molecule has 1 aromatic rings. The van der Waals surface area contributed by atoms with Gasteiger partial charge in [0.1, 0.15) is 0 Å². The first kappa shape index (κ1) is 24.2. The SMILES string of the molecule is OCc1ccc(C(F)(F)C(F)(F)C(F)(F)F)cc1C(F)(F)C(F)(F)C(F)(F)F. The van der Waals surface area contributed by atoms with Crippen molar-refractivity contribution in [3.05, 3.63) is 34.9 Å². The van der Waals surface area contributed by atoms with E-state index < -0.39 is 65.4 Å². The zero-order chi connectivity index (χ0) is 22.6. The summed E-state index contributed by atoms with van der Waals surface area (Å²) in [6.45, 7) is -1.75. The molecule has 0 bridgehead atoms. The minimum Gasteiger partial charge on any atom is -0.392 e. The van der Waals surface area contributed by atoms with Gasteiger partial charge in [-0.25, -0.2) is 0 Å². The molecule has 0 spiro atoms. The number of alkyl halides is 14. The summed E-state index contributed by atoms with van der Waals surface area (Å²) in [5.74, 6) is -26.6. The van der Waals surface area contributed by atoms with Gasteiger partial charge in [0.2, 0.25) is 0 Å². The van der Waals surface area contributed by atoms with Crippen molar-refractivity contribution in [3.8, 4) is 0 Å². The second-order valence-electron chi connectivity index (χ2n) is 5.32. The molecule has 0 fully saturated rings. The van der Waals surface area contributed by atoms with Crippen LogP contribution >= 0.6 is 0 Å². The lowest BCUT2D eigenvalue weighted by Gasteiger charge is -2.32. The van der Waals surface area contributed by atoms with E-state index in [2.05, 4.69) is 0 Å². The van der Waals surface area contributed by atoms with Gasteiger partial charge < -0.3 is 5.11 Å². The van der Waals surface area contributed by atoms with Gasteiger partial charge >= 0.3 is 36.0 Å². The molecule has 0 saturated heterocycles. The van der Waals surface area contributed by atoms with Crippen LogP contribution in [0.25, 0.3) is 0 Å². The van der Waals surface area contributed by atoms with E-state index in [0.29, 0.717) is 0 Å². The number of aliphatic hydroxyl groups is 1. The van der Waals surface area contributed by atoms with Crippen LogP contribution < -0.4 is 0 Å². The van der Waals surface area contributed by atoms with E-state index in [-0.39, 0.29) is 12.1 Å². The Balaban J connectivity index is 3.75. The molecule has 0 aliphatic rings. The third-order valence-corrected chi connectivity index (χ3v) is 3.48. The Hall–Kier alpha value is -1.80. The van der Waals surface area contributed by atoms with E-state index in [1.165, 1.54) is 0 Å². The van der Waals surface area contributed by atoms with Crippen LogP contribution in [0.5, 0.6) is 0 Å². The van der Waals surface area contributed by atoms with Crippen molar-refractivity contribution in [3.63, 3.8) is 0 Å². The van der Waals surface area contributed by atoms with Gasteiger partial charge in [-0.3, -0.25) is 0 Å². The van der Waals surface area contributed by atoms with Crippen molar-refractivity contribution in [2.75, 3.05) is 0 Å². The summed E-state index contributed by atoms with van der Waals surface area (Å²) < 4.78 is 180. The first-order valence-electron chi connectivity index (χ1n) is 6.55. The lowest BCUT2D eigenvalue weighted by atomic mass is 9.91. The molecule has 0 aliphatic carbocycles. The van der Waals surface area contributed by atoms with Crippen molar-refractivity contribution in [2.24, 2.45) is 0 Å². The van der Waals surface area contributed by atoms with Crippen LogP contribution in [0.1, 0.15) is 16.7 Å². The highest BCUT2D eigenvalue weighted by Crippen LogP contribution is 2.55. The zero-order valence-corrected chi connectivity index (χ0v) is 12.7. The molecule has 1 aromatic carbocycles. The first-order chi connectivity index (χ1) is 12.2. The molecule has 0 saturated carbocycles. The van der Waals surface area contributed by atoms with E-state index in [9.17, 15) is 61.5 Å². The molecule has 28 heavy (non-hydrogen) atoms. The standard InChI is InChI=1S/C13H6F14O/c14-8(15,10(18,19)12(22,23)24)6-2-1-5(4-28)7(3-6)9(16,17)11(20,21)13(25,26)27/h1-3,28H,4H2. The fraction of sp³-hybridized carbons (Fsp3) is 0.538. The molecule has 0 aromatic heterocycles. The van der Waals surface area contributed by atoms with E-state index in [1.54, 1.807) is 0 Å². The molecule has 1 rings (SSSR count). The second-order valence-corrected chi connectivity index (χ2v) is 5.32. The maximum absolute atomic E-state index is 13.7. The molecular weight excluding hydrogens is 438 g/mol. The quantitative estimate of drug-likeness (QED) is 0.573. The highest BCUT2D eigenvalue weighted by molar-refractivity contribution is 5.39.